The van der Waals surface area contributed by atoms with Gasteiger partial charge in [-0.1, -0.05) is 12.8 Å². The molecular formula is C21H41N5O3S. The fourth-order valence-corrected chi connectivity index (χ4v) is 4.68. The molecule has 2 fully saturated rings. The lowest BCUT2D eigenvalue weighted by atomic mass is 10.2. The number of hydrogen-bond donors (Lipinski definition) is 1. The van der Waals surface area contributed by atoms with Crippen molar-refractivity contribution in [3.05, 3.63) is 0 Å². The first-order chi connectivity index (χ1) is 14.1. The van der Waals surface area contributed by atoms with Gasteiger partial charge in [0.15, 0.2) is 15.8 Å². The molecule has 30 heavy (non-hydrogen) atoms. The van der Waals surface area contributed by atoms with Crippen LogP contribution in [0.15, 0.2) is 4.99 Å². The van der Waals surface area contributed by atoms with E-state index in [2.05, 4.69) is 20.1 Å². The smallest absolute Gasteiger partial charge is 0.236 e. The summed E-state index contributed by atoms with van der Waals surface area (Å²) in [4.78, 5) is 23.6. The molecule has 0 aliphatic carbocycles. The maximum atomic E-state index is 12.6. The molecule has 2 aliphatic heterocycles. The van der Waals surface area contributed by atoms with Crippen LogP contribution in [0.1, 0.15) is 53.4 Å². The Balaban J connectivity index is 1.85. The zero-order valence-corrected chi connectivity index (χ0v) is 20.1. The van der Waals surface area contributed by atoms with Crippen LogP contribution in [0.2, 0.25) is 0 Å². The van der Waals surface area contributed by atoms with E-state index in [1.807, 2.05) is 11.8 Å². The highest BCUT2D eigenvalue weighted by Gasteiger charge is 2.28. The summed E-state index contributed by atoms with van der Waals surface area (Å²) in [7, 11) is -3.18. The van der Waals surface area contributed by atoms with Gasteiger partial charge < -0.3 is 15.1 Å². The van der Waals surface area contributed by atoms with Crippen molar-refractivity contribution in [2.24, 2.45) is 4.99 Å². The highest BCUT2D eigenvalue weighted by atomic mass is 32.2. The molecule has 2 rings (SSSR count). The summed E-state index contributed by atoms with van der Waals surface area (Å²) in [6.45, 7) is 13.7. The van der Waals surface area contributed by atoms with Crippen LogP contribution in [-0.4, -0.2) is 104 Å². The SMILES string of the molecule is CCNC(=NCCS(=O)(=O)C(C)(C)C)N1CCN(CC(=O)N2CCCCCC2)CC1. The third-order valence-corrected chi connectivity index (χ3v) is 8.47. The molecular weight excluding hydrogens is 402 g/mol. The minimum Gasteiger partial charge on any atom is -0.357 e. The van der Waals surface area contributed by atoms with Crippen molar-refractivity contribution in [3.63, 3.8) is 0 Å². The number of piperazine rings is 1. The first-order valence-electron chi connectivity index (χ1n) is 11.4. The number of nitrogens with zero attached hydrogens (tertiary/aromatic N) is 4. The average molecular weight is 444 g/mol. The number of likely N-dealkylation sites (tertiary alicyclic amines) is 1. The fourth-order valence-electron chi connectivity index (χ4n) is 3.73. The topological polar surface area (TPSA) is 85.3 Å². The van der Waals surface area contributed by atoms with Crippen LogP contribution >= 0.6 is 0 Å². The molecule has 0 aromatic heterocycles. The average Bonchev–Trinajstić information content (AvgIpc) is 2.96. The van der Waals surface area contributed by atoms with E-state index in [1.54, 1.807) is 20.8 Å². The fraction of sp³-hybridized carbons (Fsp3) is 0.905. The second kappa shape index (κ2) is 11.3. The van der Waals surface area contributed by atoms with E-state index in [4.69, 9.17) is 0 Å². The Hall–Kier alpha value is -1.35. The molecule has 2 saturated heterocycles. The van der Waals surface area contributed by atoms with E-state index in [0.29, 0.717) is 6.54 Å². The molecule has 9 heteroatoms. The predicted octanol–water partition coefficient (Wildman–Crippen LogP) is 1.19. The van der Waals surface area contributed by atoms with Crippen molar-refractivity contribution < 1.29 is 13.2 Å². The molecule has 1 N–H and O–H groups in total. The molecule has 2 aliphatic rings. The van der Waals surface area contributed by atoms with Gasteiger partial charge in [-0.15, -0.1) is 0 Å². The number of hydrogen-bond acceptors (Lipinski definition) is 5. The van der Waals surface area contributed by atoms with E-state index in [1.165, 1.54) is 12.8 Å². The monoisotopic (exact) mass is 443 g/mol. The molecule has 2 heterocycles. The predicted molar refractivity (Wildman–Crippen MR) is 123 cm³/mol. The van der Waals surface area contributed by atoms with E-state index >= 15 is 0 Å². The third kappa shape index (κ3) is 7.41. The highest BCUT2D eigenvalue weighted by Crippen LogP contribution is 2.16. The lowest BCUT2D eigenvalue weighted by Gasteiger charge is -2.37. The standard InChI is InChI=1S/C21H41N5O3S/c1-5-22-20(23-10-17-30(28,29)21(2,3)4)26-15-13-24(14-16-26)18-19(27)25-11-8-6-7-9-12-25/h5-18H2,1-4H3,(H,22,23). The number of rotatable bonds is 6. The van der Waals surface area contributed by atoms with Gasteiger partial charge >= 0.3 is 0 Å². The van der Waals surface area contributed by atoms with Gasteiger partial charge in [0.05, 0.1) is 23.6 Å². The molecule has 0 atom stereocenters. The summed E-state index contributed by atoms with van der Waals surface area (Å²) in [6.07, 6.45) is 4.69. The highest BCUT2D eigenvalue weighted by molar-refractivity contribution is 7.92. The van der Waals surface area contributed by atoms with Gasteiger partial charge in [-0.3, -0.25) is 14.7 Å². The Morgan fingerprint density at radius 2 is 1.53 bits per heavy atom. The van der Waals surface area contributed by atoms with Gasteiger partial charge in [-0.05, 0) is 40.5 Å². The van der Waals surface area contributed by atoms with Crippen molar-refractivity contribution in [1.29, 1.82) is 0 Å². The number of sulfone groups is 1. The van der Waals surface area contributed by atoms with Gasteiger partial charge in [0.25, 0.3) is 0 Å². The van der Waals surface area contributed by atoms with Crippen LogP contribution in [-0.2, 0) is 14.6 Å². The lowest BCUT2D eigenvalue weighted by Crippen LogP contribution is -2.54. The molecule has 0 unspecified atom stereocenters. The number of nitrogens with one attached hydrogen (secondary N) is 1. The van der Waals surface area contributed by atoms with Crippen LogP contribution in [0, 0.1) is 0 Å². The summed E-state index contributed by atoms with van der Waals surface area (Å²) >= 11 is 0. The molecule has 0 aromatic carbocycles. The first kappa shape index (κ1) is 24.9. The van der Waals surface area contributed by atoms with Crippen molar-refractivity contribution in [3.8, 4) is 0 Å². The van der Waals surface area contributed by atoms with E-state index in [0.717, 1.165) is 64.6 Å². The molecule has 8 nitrogen and oxygen atoms in total. The number of carbonyl (C=O) groups is 1. The largest absolute Gasteiger partial charge is 0.357 e. The minimum absolute atomic E-state index is 0.0513. The van der Waals surface area contributed by atoms with E-state index in [-0.39, 0.29) is 18.2 Å². The summed E-state index contributed by atoms with van der Waals surface area (Å²) in [5.41, 5.74) is 0. The van der Waals surface area contributed by atoms with Crippen LogP contribution in [0.4, 0.5) is 0 Å². The normalized spacial score (nSPS) is 20.2. The minimum atomic E-state index is -3.18. The molecule has 174 valence electrons. The Morgan fingerprint density at radius 1 is 0.933 bits per heavy atom. The molecule has 0 aromatic rings. The van der Waals surface area contributed by atoms with Gasteiger partial charge in [-0.25, -0.2) is 8.42 Å². The van der Waals surface area contributed by atoms with Gasteiger partial charge in [0.2, 0.25) is 5.91 Å². The van der Waals surface area contributed by atoms with E-state index < -0.39 is 14.6 Å². The molecule has 0 saturated carbocycles. The van der Waals surface area contributed by atoms with Gasteiger partial charge in [0.1, 0.15) is 0 Å². The van der Waals surface area contributed by atoms with Gasteiger partial charge in [-0.2, -0.15) is 0 Å². The van der Waals surface area contributed by atoms with Crippen molar-refractivity contribution >= 4 is 21.7 Å². The number of aliphatic imine (C=N–C) groups is 1. The molecule has 0 bridgehead atoms. The zero-order valence-electron chi connectivity index (χ0n) is 19.3. The Morgan fingerprint density at radius 3 is 2.07 bits per heavy atom. The van der Waals surface area contributed by atoms with Crippen LogP contribution in [0.5, 0.6) is 0 Å². The molecule has 1 amide bonds. The Labute approximate surface area is 183 Å². The second-order valence-electron chi connectivity index (χ2n) is 9.23. The maximum absolute atomic E-state index is 12.6. The van der Waals surface area contributed by atoms with Crippen molar-refractivity contribution in [1.82, 2.24) is 20.0 Å². The Kier molecular flexibility index (Phi) is 9.40. The summed E-state index contributed by atoms with van der Waals surface area (Å²) in [5.74, 6) is 1.06. The van der Waals surface area contributed by atoms with Crippen LogP contribution in [0.3, 0.4) is 0 Å². The Bertz CT molecular complexity index is 671. The van der Waals surface area contributed by atoms with Crippen LogP contribution in [0.25, 0.3) is 0 Å². The number of guanidine groups is 1. The van der Waals surface area contributed by atoms with Crippen molar-refractivity contribution in [2.75, 3.05) is 64.7 Å². The zero-order chi connectivity index (χ0) is 22.2. The number of carbonyl (C=O) groups excluding carboxylic acids is 1. The van der Waals surface area contributed by atoms with E-state index in [9.17, 15) is 13.2 Å². The molecule has 0 radical (unpaired) electrons. The number of amides is 1. The lowest BCUT2D eigenvalue weighted by molar-refractivity contribution is -0.132. The van der Waals surface area contributed by atoms with Gasteiger partial charge in [0, 0.05) is 45.8 Å². The maximum Gasteiger partial charge on any atom is 0.236 e. The van der Waals surface area contributed by atoms with Crippen molar-refractivity contribution in [2.45, 2.75) is 58.1 Å². The summed E-state index contributed by atoms with van der Waals surface area (Å²) in [6, 6.07) is 0. The summed E-state index contributed by atoms with van der Waals surface area (Å²) in [5, 5.41) is 3.28. The quantitative estimate of drug-likeness (QED) is 0.490. The van der Waals surface area contributed by atoms with Crippen LogP contribution < -0.4 is 5.32 Å². The first-order valence-corrected chi connectivity index (χ1v) is 13.0. The second-order valence-corrected chi connectivity index (χ2v) is 12.1. The molecule has 0 spiro atoms. The third-order valence-electron chi connectivity index (χ3n) is 5.88. The summed E-state index contributed by atoms with van der Waals surface area (Å²) < 4.78 is 23.9.